The first-order chi connectivity index (χ1) is 10.1. The lowest BCUT2D eigenvalue weighted by molar-refractivity contribution is -0.133. The number of hydrogen-bond donors (Lipinski definition) is 1. The van der Waals surface area contributed by atoms with E-state index in [2.05, 4.69) is 13.7 Å². The van der Waals surface area contributed by atoms with Gasteiger partial charge in [-0.25, -0.2) is 4.98 Å². The molecule has 0 amide bonds. The number of carboxylic acid groups (broad SMARTS) is 1. The Morgan fingerprint density at radius 1 is 1.48 bits per heavy atom. The Kier molecular flexibility index (Phi) is 3.83. The van der Waals surface area contributed by atoms with E-state index in [9.17, 15) is 4.79 Å². The molecule has 1 N–H and O–H groups in total. The van der Waals surface area contributed by atoms with Crippen molar-refractivity contribution in [3.05, 3.63) is 29.0 Å². The molecule has 0 aliphatic heterocycles. The minimum Gasteiger partial charge on any atom is -0.481 e. The lowest BCUT2D eigenvalue weighted by Gasteiger charge is -2.11. The minimum atomic E-state index is -0.896. The molecule has 21 heavy (non-hydrogen) atoms. The zero-order chi connectivity index (χ0) is 15.0. The third kappa shape index (κ3) is 2.61. The van der Waals surface area contributed by atoms with Gasteiger partial charge in [-0.15, -0.1) is 0 Å². The number of imidazole rings is 1. The molecule has 0 saturated heterocycles. The van der Waals surface area contributed by atoms with E-state index in [4.69, 9.17) is 16.7 Å². The van der Waals surface area contributed by atoms with Crippen molar-refractivity contribution in [2.75, 3.05) is 5.75 Å². The summed E-state index contributed by atoms with van der Waals surface area (Å²) in [7, 11) is 0. The molecule has 0 unspecified atom stereocenters. The predicted octanol–water partition coefficient (Wildman–Crippen LogP) is 3.02. The molecule has 0 fully saturated rings. The van der Waals surface area contributed by atoms with Gasteiger partial charge >= 0.3 is 5.97 Å². The van der Waals surface area contributed by atoms with E-state index < -0.39 is 5.97 Å². The van der Waals surface area contributed by atoms with Crippen LogP contribution in [0.5, 0.6) is 0 Å². The number of aryl methyl sites for hydroxylation is 1. The zero-order valence-corrected chi connectivity index (χ0v) is 13.2. The third-order valence-electron chi connectivity index (χ3n) is 2.81. The van der Waals surface area contributed by atoms with Crippen LogP contribution in [-0.4, -0.2) is 35.1 Å². The van der Waals surface area contributed by atoms with Crippen molar-refractivity contribution in [1.29, 1.82) is 0 Å². The highest BCUT2D eigenvalue weighted by Gasteiger charge is 2.18. The van der Waals surface area contributed by atoms with Crippen LogP contribution in [0.4, 0.5) is 0 Å². The predicted molar refractivity (Wildman–Crippen MR) is 82.6 cm³/mol. The van der Waals surface area contributed by atoms with Gasteiger partial charge in [0.15, 0.2) is 5.16 Å². The molecule has 3 aromatic rings. The molecule has 6 nitrogen and oxygen atoms in total. The number of fused-ring (bicyclic) bond motifs is 1. The summed E-state index contributed by atoms with van der Waals surface area (Å²) in [6.45, 7) is 1.88. The maximum absolute atomic E-state index is 10.8. The quantitative estimate of drug-likeness (QED) is 0.735. The summed E-state index contributed by atoms with van der Waals surface area (Å²) in [6, 6.07) is 3.56. The van der Waals surface area contributed by atoms with E-state index in [1.54, 1.807) is 18.3 Å². The first-order valence-electron chi connectivity index (χ1n) is 5.88. The highest BCUT2D eigenvalue weighted by Crippen LogP contribution is 2.33. The number of benzene rings is 1. The molecule has 2 heterocycles. The zero-order valence-electron chi connectivity index (χ0n) is 10.8. The number of hydrogen-bond acceptors (Lipinski definition) is 6. The molecular weight excluding hydrogens is 332 g/mol. The molecule has 2 aromatic heterocycles. The van der Waals surface area contributed by atoms with Crippen LogP contribution in [0.15, 0.2) is 23.5 Å². The van der Waals surface area contributed by atoms with Crippen molar-refractivity contribution in [1.82, 2.24) is 18.3 Å². The Hall–Kier alpha value is -1.64. The molecule has 0 spiro atoms. The molecule has 108 valence electrons. The smallest absolute Gasteiger partial charge is 0.313 e. The molecule has 9 heteroatoms. The molecule has 3 rings (SSSR count). The second-order valence-electron chi connectivity index (χ2n) is 4.23. The number of rotatable bonds is 4. The van der Waals surface area contributed by atoms with Crippen LogP contribution in [0.2, 0.25) is 5.02 Å². The number of aliphatic carboxylic acids is 1. The van der Waals surface area contributed by atoms with Crippen LogP contribution in [0, 0.1) is 6.92 Å². The van der Waals surface area contributed by atoms with Crippen molar-refractivity contribution in [2.45, 2.75) is 12.1 Å². The highest BCUT2D eigenvalue weighted by atomic mass is 35.5. The topological polar surface area (TPSA) is 80.9 Å². The maximum Gasteiger partial charge on any atom is 0.313 e. The highest BCUT2D eigenvalue weighted by molar-refractivity contribution is 7.99. The normalized spacial score (nSPS) is 11.1. The second kappa shape index (κ2) is 5.63. The van der Waals surface area contributed by atoms with E-state index in [0.29, 0.717) is 21.4 Å². The molecule has 0 bridgehead atoms. The van der Waals surface area contributed by atoms with Gasteiger partial charge in [0.1, 0.15) is 11.0 Å². The van der Waals surface area contributed by atoms with Crippen molar-refractivity contribution >= 4 is 52.1 Å². The van der Waals surface area contributed by atoms with E-state index in [1.165, 1.54) is 0 Å². The van der Waals surface area contributed by atoms with Gasteiger partial charge in [-0.2, -0.15) is 8.75 Å². The first kappa shape index (κ1) is 14.3. The van der Waals surface area contributed by atoms with Crippen LogP contribution in [-0.2, 0) is 4.79 Å². The summed E-state index contributed by atoms with van der Waals surface area (Å²) in [5.41, 5.74) is 2.98. The van der Waals surface area contributed by atoms with E-state index in [1.807, 2.05) is 11.5 Å². The maximum atomic E-state index is 10.8. The molecule has 1 aromatic carbocycles. The first-order valence-corrected chi connectivity index (χ1v) is 7.97. The van der Waals surface area contributed by atoms with Crippen molar-refractivity contribution < 1.29 is 9.90 Å². The second-order valence-corrected chi connectivity index (χ2v) is 6.11. The van der Waals surface area contributed by atoms with Crippen molar-refractivity contribution in [2.24, 2.45) is 0 Å². The van der Waals surface area contributed by atoms with E-state index in [-0.39, 0.29) is 5.75 Å². The van der Waals surface area contributed by atoms with Crippen LogP contribution in [0.25, 0.3) is 16.7 Å². The average Bonchev–Trinajstić information content (AvgIpc) is 3.04. The van der Waals surface area contributed by atoms with Crippen molar-refractivity contribution in [3.63, 3.8) is 0 Å². The fourth-order valence-electron chi connectivity index (χ4n) is 1.94. The summed E-state index contributed by atoms with van der Waals surface area (Å²) in [6.07, 6.45) is 1.68. The third-order valence-corrected chi connectivity index (χ3v) is 4.59. The Labute approximate surface area is 133 Å². The fraction of sp³-hybridized carbons (Fsp3) is 0.167. The Bertz CT molecular complexity index is 830. The fourth-order valence-corrected chi connectivity index (χ4v) is 3.46. The van der Waals surface area contributed by atoms with Gasteiger partial charge in [-0.1, -0.05) is 23.4 Å². The monoisotopic (exact) mass is 340 g/mol. The van der Waals surface area contributed by atoms with Gasteiger partial charge in [0.2, 0.25) is 0 Å². The SMILES string of the molecule is Cc1cnc(SCC(=O)O)n1-c1c(Cl)ccc2nsnc12. The summed E-state index contributed by atoms with van der Waals surface area (Å²) >= 11 is 8.57. The van der Waals surface area contributed by atoms with E-state index >= 15 is 0 Å². The molecule has 0 aliphatic rings. The minimum absolute atomic E-state index is 0.0701. The summed E-state index contributed by atoms with van der Waals surface area (Å²) < 4.78 is 10.3. The van der Waals surface area contributed by atoms with Crippen molar-refractivity contribution in [3.8, 4) is 5.69 Å². The molecular formula is C12H9ClN4O2S2. The number of carboxylic acids is 1. The van der Waals surface area contributed by atoms with Gasteiger partial charge in [-0.3, -0.25) is 9.36 Å². The van der Waals surface area contributed by atoms with E-state index in [0.717, 1.165) is 34.7 Å². The molecule has 0 radical (unpaired) electrons. The van der Waals surface area contributed by atoms with Gasteiger partial charge in [0, 0.05) is 11.9 Å². The summed E-state index contributed by atoms with van der Waals surface area (Å²) in [5, 5.41) is 9.92. The number of thioether (sulfide) groups is 1. The Morgan fingerprint density at radius 2 is 2.29 bits per heavy atom. The standard InChI is InChI=1S/C12H9ClN4O2S2/c1-6-4-14-12(20-5-9(18)19)17(6)11-7(13)2-3-8-10(11)16-21-15-8/h2-4H,5H2,1H3,(H,18,19). The number of halogens is 1. The Morgan fingerprint density at radius 3 is 3.05 bits per heavy atom. The van der Waals surface area contributed by atoms with Gasteiger partial charge in [-0.05, 0) is 19.1 Å². The molecule has 0 aliphatic carbocycles. The van der Waals surface area contributed by atoms with Crippen LogP contribution < -0.4 is 0 Å². The van der Waals surface area contributed by atoms with Gasteiger partial charge in [0.05, 0.1) is 28.2 Å². The molecule has 0 atom stereocenters. The molecule has 0 saturated carbocycles. The van der Waals surface area contributed by atoms with Crippen LogP contribution in [0.3, 0.4) is 0 Å². The summed E-state index contributed by atoms with van der Waals surface area (Å²) in [5.74, 6) is -0.967. The average molecular weight is 341 g/mol. The lowest BCUT2D eigenvalue weighted by Crippen LogP contribution is -2.04. The largest absolute Gasteiger partial charge is 0.481 e. The number of carbonyl (C=O) groups is 1. The number of nitrogens with zero attached hydrogens (tertiary/aromatic N) is 4. The van der Waals surface area contributed by atoms with Gasteiger partial charge in [0.25, 0.3) is 0 Å². The Balaban J connectivity index is 2.18. The number of aromatic nitrogens is 4. The van der Waals surface area contributed by atoms with Crippen LogP contribution in [0.1, 0.15) is 5.69 Å². The lowest BCUT2D eigenvalue weighted by atomic mass is 10.2. The van der Waals surface area contributed by atoms with Crippen LogP contribution >= 0.6 is 35.1 Å². The van der Waals surface area contributed by atoms with Gasteiger partial charge < -0.3 is 5.11 Å². The summed E-state index contributed by atoms with van der Waals surface area (Å²) in [4.78, 5) is 15.0.